The second kappa shape index (κ2) is 3.05. The summed E-state index contributed by atoms with van der Waals surface area (Å²) < 4.78 is 0. The van der Waals surface area contributed by atoms with E-state index in [2.05, 4.69) is 12.2 Å². The van der Waals surface area contributed by atoms with Crippen molar-refractivity contribution in [1.82, 2.24) is 0 Å². The van der Waals surface area contributed by atoms with Gasteiger partial charge in [0.15, 0.2) is 0 Å². The molecule has 42 valence electrons. The largest absolute Gasteiger partial charge is 0.327 e. The number of nitrogens with two attached hydrogens (primary N) is 1. The van der Waals surface area contributed by atoms with Crippen LogP contribution in [0.3, 0.4) is 0 Å². The smallest absolute Gasteiger partial charge is 0.0108 e. The molecule has 0 atom stereocenters. The first-order valence-electron chi connectivity index (χ1n) is 2.30. The van der Waals surface area contributed by atoms with Crippen molar-refractivity contribution in [3.63, 3.8) is 0 Å². The fraction of sp³-hybridized carbons (Fsp3) is 0.600. The van der Waals surface area contributed by atoms with Gasteiger partial charge in [0.25, 0.3) is 0 Å². The Morgan fingerprint density at radius 1 is 1.29 bits per heavy atom. The first-order chi connectivity index (χ1) is 2.89. The molecule has 0 aromatic rings. The fourth-order valence-electron chi connectivity index (χ4n) is 0.638. The third-order valence-corrected chi connectivity index (χ3v) is 1.04. The highest BCUT2D eigenvalue weighted by molar-refractivity contribution is 5.85. The maximum atomic E-state index is 5.47. The SMILES string of the molecule is Cl.NC1CC=CC1. The summed E-state index contributed by atoms with van der Waals surface area (Å²) in [6, 6.07) is 0.435. The molecule has 0 aromatic carbocycles. The van der Waals surface area contributed by atoms with Crippen molar-refractivity contribution < 1.29 is 0 Å². The Bertz CT molecular complexity index is 62.5. The molecule has 0 spiro atoms. The van der Waals surface area contributed by atoms with E-state index in [4.69, 9.17) is 5.73 Å². The number of hydrogen-bond donors (Lipinski definition) is 1. The van der Waals surface area contributed by atoms with E-state index >= 15 is 0 Å². The van der Waals surface area contributed by atoms with Gasteiger partial charge in [0.05, 0.1) is 0 Å². The van der Waals surface area contributed by atoms with Crippen molar-refractivity contribution in [2.75, 3.05) is 0 Å². The van der Waals surface area contributed by atoms with Gasteiger partial charge in [-0.3, -0.25) is 0 Å². The summed E-state index contributed by atoms with van der Waals surface area (Å²) in [5.74, 6) is 0. The van der Waals surface area contributed by atoms with Gasteiger partial charge in [0, 0.05) is 6.04 Å². The first kappa shape index (κ1) is 6.99. The molecule has 1 aliphatic carbocycles. The quantitative estimate of drug-likeness (QED) is 0.475. The van der Waals surface area contributed by atoms with E-state index in [1.807, 2.05) is 0 Å². The normalized spacial score (nSPS) is 19.6. The van der Waals surface area contributed by atoms with Crippen LogP contribution in [0.15, 0.2) is 12.2 Å². The van der Waals surface area contributed by atoms with E-state index in [1.54, 1.807) is 0 Å². The molecular weight excluding hydrogens is 110 g/mol. The molecule has 0 amide bonds. The molecule has 0 heterocycles. The van der Waals surface area contributed by atoms with Crippen molar-refractivity contribution in [3.8, 4) is 0 Å². The van der Waals surface area contributed by atoms with Gasteiger partial charge in [-0.2, -0.15) is 0 Å². The minimum absolute atomic E-state index is 0. The van der Waals surface area contributed by atoms with Crippen LogP contribution < -0.4 is 5.73 Å². The van der Waals surface area contributed by atoms with Gasteiger partial charge >= 0.3 is 0 Å². The second-order valence-electron chi connectivity index (χ2n) is 1.70. The average Bonchev–Trinajstić information content (AvgIpc) is 1.86. The van der Waals surface area contributed by atoms with Crippen molar-refractivity contribution in [2.45, 2.75) is 18.9 Å². The summed E-state index contributed by atoms with van der Waals surface area (Å²) in [4.78, 5) is 0. The van der Waals surface area contributed by atoms with Crippen molar-refractivity contribution in [3.05, 3.63) is 12.2 Å². The zero-order chi connectivity index (χ0) is 4.41. The molecule has 2 heteroatoms. The second-order valence-corrected chi connectivity index (χ2v) is 1.70. The molecule has 0 aliphatic heterocycles. The summed E-state index contributed by atoms with van der Waals surface area (Å²) in [5.41, 5.74) is 5.47. The predicted octanol–water partition coefficient (Wildman–Crippen LogP) is 1.09. The monoisotopic (exact) mass is 119 g/mol. The summed E-state index contributed by atoms with van der Waals surface area (Å²) >= 11 is 0. The third-order valence-electron chi connectivity index (χ3n) is 1.04. The Kier molecular flexibility index (Phi) is 3.05. The Morgan fingerprint density at radius 2 is 1.71 bits per heavy atom. The molecule has 0 aromatic heterocycles. The van der Waals surface area contributed by atoms with Crippen LogP contribution in [0.1, 0.15) is 12.8 Å². The molecule has 0 unspecified atom stereocenters. The molecule has 0 fully saturated rings. The topological polar surface area (TPSA) is 26.0 Å². The first-order valence-corrected chi connectivity index (χ1v) is 2.30. The summed E-state index contributed by atoms with van der Waals surface area (Å²) in [5, 5.41) is 0. The molecule has 1 rings (SSSR count). The van der Waals surface area contributed by atoms with Gasteiger partial charge in [-0.25, -0.2) is 0 Å². The van der Waals surface area contributed by atoms with E-state index in [0.29, 0.717) is 6.04 Å². The highest BCUT2D eigenvalue weighted by Crippen LogP contribution is 2.04. The number of hydrogen-bond acceptors (Lipinski definition) is 1. The van der Waals surface area contributed by atoms with Gasteiger partial charge < -0.3 is 5.73 Å². The Hall–Kier alpha value is -0.0100. The highest BCUT2D eigenvalue weighted by Gasteiger charge is 2.00. The molecule has 1 aliphatic rings. The lowest BCUT2D eigenvalue weighted by Crippen LogP contribution is -2.13. The van der Waals surface area contributed by atoms with E-state index in [-0.39, 0.29) is 12.4 Å². The van der Waals surface area contributed by atoms with Crippen molar-refractivity contribution in [1.29, 1.82) is 0 Å². The predicted molar refractivity (Wildman–Crippen MR) is 33.6 cm³/mol. The Labute approximate surface area is 50.0 Å². The average molecular weight is 120 g/mol. The van der Waals surface area contributed by atoms with Crippen molar-refractivity contribution in [2.24, 2.45) is 5.73 Å². The van der Waals surface area contributed by atoms with Gasteiger partial charge in [0.2, 0.25) is 0 Å². The lowest BCUT2D eigenvalue weighted by Gasteiger charge is -1.93. The van der Waals surface area contributed by atoms with Crippen LogP contribution in [0.2, 0.25) is 0 Å². The van der Waals surface area contributed by atoms with Crippen LogP contribution in [-0.2, 0) is 0 Å². The maximum absolute atomic E-state index is 5.47. The van der Waals surface area contributed by atoms with Crippen LogP contribution in [0.5, 0.6) is 0 Å². The standard InChI is InChI=1S/C5H9N.ClH/c6-5-3-1-2-4-5;/h1-2,5H,3-4,6H2;1H. The minimum Gasteiger partial charge on any atom is -0.327 e. The molecule has 1 nitrogen and oxygen atoms in total. The molecule has 0 saturated heterocycles. The van der Waals surface area contributed by atoms with Crippen LogP contribution in [-0.4, -0.2) is 6.04 Å². The lowest BCUT2D eigenvalue weighted by molar-refractivity contribution is 0.732. The fourth-order valence-corrected chi connectivity index (χ4v) is 0.638. The minimum atomic E-state index is 0. The van der Waals surface area contributed by atoms with E-state index in [0.717, 1.165) is 12.8 Å². The number of rotatable bonds is 0. The van der Waals surface area contributed by atoms with Gasteiger partial charge in [-0.15, -0.1) is 12.4 Å². The highest BCUT2D eigenvalue weighted by atomic mass is 35.5. The van der Waals surface area contributed by atoms with Gasteiger partial charge in [-0.05, 0) is 12.8 Å². The molecule has 0 saturated carbocycles. The molecule has 0 radical (unpaired) electrons. The summed E-state index contributed by atoms with van der Waals surface area (Å²) in [7, 11) is 0. The zero-order valence-electron chi connectivity index (χ0n) is 4.13. The van der Waals surface area contributed by atoms with Crippen molar-refractivity contribution >= 4 is 12.4 Å². The van der Waals surface area contributed by atoms with Crippen LogP contribution >= 0.6 is 12.4 Å². The van der Waals surface area contributed by atoms with Gasteiger partial charge in [-0.1, -0.05) is 12.2 Å². The van der Waals surface area contributed by atoms with E-state index in [9.17, 15) is 0 Å². The molecular formula is C5H10ClN. The lowest BCUT2D eigenvalue weighted by atomic mass is 10.3. The third kappa shape index (κ3) is 1.95. The van der Waals surface area contributed by atoms with Crippen LogP contribution in [0.4, 0.5) is 0 Å². The zero-order valence-corrected chi connectivity index (χ0v) is 4.95. The molecule has 7 heavy (non-hydrogen) atoms. The van der Waals surface area contributed by atoms with E-state index < -0.39 is 0 Å². The number of halogens is 1. The van der Waals surface area contributed by atoms with Crippen LogP contribution in [0, 0.1) is 0 Å². The molecule has 2 N–H and O–H groups in total. The Morgan fingerprint density at radius 3 is 1.86 bits per heavy atom. The van der Waals surface area contributed by atoms with E-state index in [1.165, 1.54) is 0 Å². The summed E-state index contributed by atoms with van der Waals surface area (Å²) in [6.45, 7) is 0. The Balaban J connectivity index is 0.000000360. The molecule has 0 bridgehead atoms. The van der Waals surface area contributed by atoms with Crippen LogP contribution in [0.25, 0.3) is 0 Å². The summed E-state index contributed by atoms with van der Waals surface area (Å²) in [6.07, 6.45) is 6.43. The van der Waals surface area contributed by atoms with Gasteiger partial charge in [0.1, 0.15) is 0 Å². The maximum Gasteiger partial charge on any atom is 0.0108 e.